The molecule has 6 nitrogen and oxygen atoms in total. The van der Waals surface area contributed by atoms with Crippen molar-refractivity contribution in [3.63, 3.8) is 0 Å². The van der Waals surface area contributed by atoms with Gasteiger partial charge in [0.2, 0.25) is 0 Å². The number of benzene rings is 1. The first-order valence-electron chi connectivity index (χ1n) is 7.08. The summed E-state index contributed by atoms with van der Waals surface area (Å²) in [5, 5.41) is 8.78. The number of carbonyl (C=O) groups excluding carboxylic acids is 1. The third-order valence-electron chi connectivity index (χ3n) is 3.18. The molecule has 3 rings (SSSR count). The zero-order valence-corrected chi connectivity index (χ0v) is 13.1. The van der Waals surface area contributed by atoms with Crippen molar-refractivity contribution in [3.8, 4) is 0 Å². The van der Waals surface area contributed by atoms with Crippen molar-refractivity contribution in [3.05, 3.63) is 71.2 Å². The SMILES string of the molecule is O=C(Nc1c(Cl)ncnc1NC1=CNCC=C1)c1cccc(F)c1. The fraction of sp³-hybridized carbons (Fsp3) is 0.0625. The average molecular weight is 346 g/mol. The van der Waals surface area contributed by atoms with Crippen molar-refractivity contribution in [2.45, 2.75) is 0 Å². The number of rotatable bonds is 4. The van der Waals surface area contributed by atoms with E-state index in [1.165, 1.54) is 24.5 Å². The van der Waals surface area contributed by atoms with Crippen LogP contribution in [0.15, 0.2) is 54.6 Å². The Bertz CT molecular complexity index is 837. The van der Waals surface area contributed by atoms with Crippen molar-refractivity contribution < 1.29 is 9.18 Å². The number of hydrogen-bond donors (Lipinski definition) is 3. The molecule has 122 valence electrons. The molecule has 1 aliphatic rings. The van der Waals surface area contributed by atoms with E-state index in [2.05, 4.69) is 25.9 Å². The highest BCUT2D eigenvalue weighted by Crippen LogP contribution is 2.28. The van der Waals surface area contributed by atoms with Crippen LogP contribution in [0.5, 0.6) is 0 Å². The third-order valence-corrected chi connectivity index (χ3v) is 3.47. The molecule has 0 fully saturated rings. The molecule has 1 aliphatic heterocycles. The van der Waals surface area contributed by atoms with E-state index in [0.29, 0.717) is 5.82 Å². The van der Waals surface area contributed by atoms with E-state index in [9.17, 15) is 9.18 Å². The summed E-state index contributed by atoms with van der Waals surface area (Å²) in [6.07, 6.45) is 6.85. The fourth-order valence-corrected chi connectivity index (χ4v) is 2.25. The normalized spacial score (nSPS) is 13.0. The highest BCUT2D eigenvalue weighted by atomic mass is 35.5. The summed E-state index contributed by atoms with van der Waals surface area (Å²) in [6, 6.07) is 5.35. The number of carbonyl (C=O) groups is 1. The van der Waals surface area contributed by atoms with Gasteiger partial charge in [-0.15, -0.1) is 0 Å². The lowest BCUT2D eigenvalue weighted by Crippen LogP contribution is -2.17. The Morgan fingerprint density at radius 2 is 2.21 bits per heavy atom. The van der Waals surface area contributed by atoms with Crippen LogP contribution in [0.4, 0.5) is 15.9 Å². The van der Waals surface area contributed by atoms with E-state index in [4.69, 9.17) is 11.6 Å². The summed E-state index contributed by atoms with van der Waals surface area (Å²) in [5.74, 6) is -0.681. The molecule has 0 bridgehead atoms. The first-order valence-corrected chi connectivity index (χ1v) is 7.46. The lowest BCUT2D eigenvalue weighted by Gasteiger charge is -2.15. The molecule has 0 aliphatic carbocycles. The van der Waals surface area contributed by atoms with Gasteiger partial charge in [0.25, 0.3) is 5.91 Å². The standard InChI is InChI=1S/C16H13ClFN5O/c17-14-13(23-16(24)10-3-1-4-11(18)7-10)15(21-9-20-14)22-12-5-2-6-19-8-12/h1-5,7-9,19H,6H2,(H,23,24)(H,20,21,22). The lowest BCUT2D eigenvalue weighted by atomic mass is 10.2. The number of nitrogens with zero attached hydrogens (tertiary/aromatic N) is 2. The van der Waals surface area contributed by atoms with Crippen molar-refractivity contribution in [1.29, 1.82) is 0 Å². The predicted molar refractivity (Wildman–Crippen MR) is 90.2 cm³/mol. The number of halogens is 2. The first kappa shape index (κ1) is 15.9. The van der Waals surface area contributed by atoms with E-state index in [0.717, 1.165) is 18.3 Å². The molecule has 0 atom stereocenters. The minimum atomic E-state index is -0.513. The molecular formula is C16H13ClFN5O. The summed E-state index contributed by atoms with van der Waals surface area (Å²) >= 11 is 6.08. The van der Waals surface area contributed by atoms with Gasteiger partial charge in [0, 0.05) is 18.3 Å². The van der Waals surface area contributed by atoms with Crippen LogP contribution in [0.1, 0.15) is 10.4 Å². The van der Waals surface area contributed by atoms with Crippen LogP contribution in [-0.2, 0) is 0 Å². The highest BCUT2D eigenvalue weighted by molar-refractivity contribution is 6.33. The Balaban J connectivity index is 1.85. The molecule has 0 radical (unpaired) electrons. The van der Waals surface area contributed by atoms with Gasteiger partial charge in [-0.1, -0.05) is 23.7 Å². The minimum Gasteiger partial charge on any atom is -0.386 e. The summed E-state index contributed by atoms with van der Waals surface area (Å²) in [6.45, 7) is 0.735. The molecule has 3 N–H and O–H groups in total. The quantitative estimate of drug-likeness (QED) is 0.742. The van der Waals surface area contributed by atoms with E-state index in [-0.39, 0.29) is 16.4 Å². The van der Waals surface area contributed by atoms with Crippen LogP contribution < -0.4 is 16.0 Å². The maximum atomic E-state index is 13.3. The second-order valence-corrected chi connectivity index (χ2v) is 5.25. The maximum Gasteiger partial charge on any atom is 0.255 e. The summed E-state index contributed by atoms with van der Waals surface area (Å²) < 4.78 is 13.3. The van der Waals surface area contributed by atoms with Crippen LogP contribution in [0.2, 0.25) is 5.15 Å². The molecule has 1 aromatic heterocycles. The van der Waals surface area contributed by atoms with Crippen molar-refractivity contribution >= 4 is 29.0 Å². The minimum absolute atomic E-state index is 0.0746. The van der Waals surface area contributed by atoms with Gasteiger partial charge >= 0.3 is 0 Å². The van der Waals surface area contributed by atoms with Crippen LogP contribution in [0.25, 0.3) is 0 Å². The van der Waals surface area contributed by atoms with Gasteiger partial charge in [-0.25, -0.2) is 14.4 Å². The summed E-state index contributed by atoms with van der Waals surface area (Å²) in [4.78, 5) is 20.3. The molecule has 0 unspecified atom stereocenters. The van der Waals surface area contributed by atoms with Gasteiger partial charge in [0.1, 0.15) is 17.8 Å². The van der Waals surface area contributed by atoms with Crippen LogP contribution in [-0.4, -0.2) is 22.4 Å². The van der Waals surface area contributed by atoms with E-state index >= 15 is 0 Å². The zero-order chi connectivity index (χ0) is 16.9. The number of amides is 1. The second-order valence-electron chi connectivity index (χ2n) is 4.89. The molecule has 0 spiro atoms. The van der Waals surface area contributed by atoms with Crippen LogP contribution in [0, 0.1) is 5.82 Å². The Morgan fingerprint density at radius 1 is 1.33 bits per heavy atom. The maximum absolute atomic E-state index is 13.3. The first-order chi connectivity index (χ1) is 11.6. The summed E-state index contributed by atoms with van der Waals surface area (Å²) in [7, 11) is 0. The Labute approximate surface area is 142 Å². The van der Waals surface area contributed by atoms with Crippen molar-refractivity contribution in [2.75, 3.05) is 17.2 Å². The van der Waals surface area contributed by atoms with Crippen LogP contribution >= 0.6 is 11.6 Å². The largest absolute Gasteiger partial charge is 0.386 e. The Hall–Kier alpha value is -2.93. The number of allylic oxidation sites excluding steroid dienone is 1. The van der Waals surface area contributed by atoms with Crippen LogP contribution in [0.3, 0.4) is 0 Å². The predicted octanol–water partition coefficient (Wildman–Crippen LogP) is 2.93. The molecule has 8 heteroatoms. The monoisotopic (exact) mass is 345 g/mol. The number of nitrogens with one attached hydrogen (secondary N) is 3. The molecule has 1 aromatic carbocycles. The molecule has 0 saturated heterocycles. The third kappa shape index (κ3) is 3.69. The second kappa shape index (κ2) is 7.10. The van der Waals surface area contributed by atoms with Gasteiger partial charge in [-0.2, -0.15) is 0 Å². The molecule has 1 amide bonds. The molecular weight excluding hydrogens is 333 g/mol. The lowest BCUT2D eigenvalue weighted by molar-refractivity contribution is 0.102. The van der Waals surface area contributed by atoms with Crippen molar-refractivity contribution in [1.82, 2.24) is 15.3 Å². The average Bonchev–Trinajstić information content (AvgIpc) is 2.59. The zero-order valence-electron chi connectivity index (χ0n) is 12.4. The Kier molecular flexibility index (Phi) is 4.72. The van der Waals surface area contributed by atoms with Gasteiger partial charge in [0.05, 0.1) is 5.70 Å². The molecule has 24 heavy (non-hydrogen) atoms. The van der Waals surface area contributed by atoms with E-state index in [1.807, 2.05) is 12.2 Å². The van der Waals surface area contributed by atoms with E-state index in [1.54, 1.807) is 6.20 Å². The smallest absolute Gasteiger partial charge is 0.255 e. The molecule has 0 saturated carbocycles. The fourth-order valence-electron chi connectivity index (χ4n) is 2.07. The van der Waals surface area contributed by atoms with Gasteiger partial charge < -0.3 is 16.0 Å². The van der Waals surface area contributed by atoms with Crippen molar-refractivity contribution in [2.24, 2.45) is 0 Å². The summed E-state index contributed by atoms with van der Waals surface area (Å²) in [5.41, 5.74) is 1.13. The van der Waals surface area contributed by atoms with Gasteiger partial charge in [-0.3, -0.25) is 4.79 Å². The number of aromatic nitrogens is 2. The Morgan fingerprint density at radius 3 is 2.96 bits per heavy atom. The number of dihydropyridines is 1. The topological polar surface area (TPSA) is 78.9 Å². The molecule has 2 heterocycles. The number of anilines is 2. The van der Waals surface area contributed by atoms with E-state index < -0.39 is 11.7 Å². The van der Waals surface area contributed by atoms with Gasteiger partial charge in [-0.05, 0) is 24.3 Å². The van der Waals surface area contributed by atoms with Gasteiger partial charge in [0.15, 0.2) is 11.0 Å². The molecule has 2 aromatic rings. The highest BCUT2D eigenvalue weighted by Gasteiger charge is 2.15. The number of hydrogen-bond acceptors (Lipinski definition) is 5.